The summed E-state index contributed by atoms with van der Waals surface area (Å²) in [6, 6.07) is 6.72. The van der Waals surface area contributed by atoms with Gasteiger partial charge in [0.05, 0.1) is 16.5 Å². The number of H-pyrrole nitrogens is 1. The lowest BCUT2D eigenvalue weighted by Gasteiger charge is -2.13. The maximum Gasteiger partial charge on any atom is 0.433 e. The van der Waals surface area contributed by atoms with Crippen molar-refractivity contribution < 1.29 is 18.0 Å². The fourth-order valence-electron chi connectivity index (χ4n) is 3.05. The summed E-state index contributed by atoms with van der Waals surface area (Å²) in [5.74, 6) is -0.434. The van der Waals surface area contributed by atoms with Gasteiger partial charge in [0.25, 0.3) is 0 Å². The number of aromatic nitrogens is 4. The van der Waals surface area contributed by atoms with Crippen LogP contribution in [0.1, 0.15) is 24.1 Å². The highest BCUT2D eigenvalue weighted by Crippen LogP contribution is 2.48. The number of hydrogen-bond acceptors (Lipinski definition) is 4. The van der Waals surface area contributed by atoms with Gasteiger partial charge >= 0.3 is 6.18 Å². The molecule has 1 aliphatic carbocycles. The first-order valence-corrected chi connectivity index (χ1v) is 7.50. The number of amides is 1. The number of carbonyl (C=O) groups is 1. The summed E-state index contributed by atoms with van der Waals surface area (Å²) in [7, 11) is 0. The predicted octanol–water partition coefficient (Wildman–Crippen LogP) is 2.56. The number of fused-ring (bicyclic) bond motifs is 1. The van der Waals surface area contributed by atoms with E-state index in [1.165, 1.54) is 0 Å². The van der Waals surface area contributed by atoms with Gasteiger partial charge in [-0.2, -0.15) is 18.3 Å². The second-order valence-corrected chi connectivity index (χ2v) is 6.04. The number of aromatic amines is 1. The lowest BCUT2D eigenvalue weighted by Crippen LogP contribution is -2.28. The van der Waals surface area contributed by atoms with Crippen LogP contribution < -0.4 is 5.73 Å². The summed E-state index contributed by atoms with van der Waals surface area (Å²) < 4.78 is 39.7. The lowest BCUT2D eigenvalue weighted by molar-refractivity contribution is -0.139. The summed E-state index contributed by atoms with van der Waals surface area (Å²) in [4.78, 5) is 19.5. The third-order valence-corrected chi connectivity index (χ3v) is 4.54. The number of alkyl halides is 3. The number of nitrogens with two attached hydrogens (primary N) is 1. The van der Waals surface area contributed by atoms with Crippen molar-refractivity contribution in [2.24, 2.45) is 5.73 Å². The second kappa shape index (κ2) is 5.01. The van der Waals surface area contributed by atoms with Crippen molar-refractivity contribution in [1.29, 1.82) is 0 Å². The molecule has 0 radical (unpaired) electrons. The first-order valence-electron chi connectivity index (χ1n) is 7.50. The zero-order chi connectivity index (χ0) is 17.8. The van der Waals surface area contributed by atoms with Gasteiger partial charge in [-0.3, -0.25) is 9.89 Å². The molecule has 9 heteroatoms. The Balaban J connectivity index is 1.92. The fourth-order valence-corrected chi connectivity index (χ4v) is 3.05. The van der Waals surface area contributed by atoms with Gasteiger partial charge in [0, 0.05) is 5.56 Å². The van der Waals surface area contributed by atoms with E-state index in [9.17, 15) is 18.0 Å². The molecule has 3 aromatic rings. The van der Waals surface area contributed by atoms with Gasteiger partial charge in [-0.15, -0.1) is 0 Å². The minimum atomic E-state index is -4.61. The Morgan fingerprint density at radius 2 is 2.00 bits per heavy atom. The van der Waals surface area contributed by atoms with Gasteiger partial charge < -0.3 is 5.73 Å². The standard InChI is InChI=1S/C16H12F3N5O/c17-16(18,19)12-10-11(21-7-22-13(10)24-23-12)8-2-1-3-9(6-8)15(4-5-15)14(20)25/h1-3,6-7H,4-5H2,(H2,20,25)(H,21,22,23,24). The third kappa shape index (κ3) is 2.34. The van der Waals surface area contributed by atoms with Crippen LogP contribution in [0.5, 0.6) is 0 Å². The molecule has 25 heavy (non-hydrogen) atoms. The maximum atomic E-state index is 13.2. The zero-order valence-electron chi connectivity index (χ0n) is 12.8. The van der Waals surface area contributed by atoms with Crippen LogP contribution in [-0.2, 0) is 16.4 Å². The fraction of sp³-hybridized carbons (Fsp3) is 0.250. The number of primary amides is 1. The molecule has 3 N–H and O–H groups in total. The minimum absolute atomic E-state index is 0.0706. The van der Waals surface area contributed by atoms with Crippen molar-refractivity contribution in [2.75, 3.05) is 0 Å². The molecule has 2 heterocycles. The van der Waals surface area contributed by atoms with Crippen LogP contribution in [0.3, 0.4) is 0 Å². The van der Waals surface area contributed by atoms with Crippen LogP contribution in [0, 0.1) is 0 Å². The van der Waals surface area contributed by atoms with E-state index in [4.69, 9.17) is 5.73 Å². The Morgan fingerprint density at radius 3 is 2.64 bits per heavy atom. The SMILES string of the molecule is NC(=O)C1(c2cccc(-c3ncnc4n[nH]c(C(F)(F)F)c34)c2)CC1. The molecule has 0 aliphatic heterocycles. The number of halogens is 3. The highest BCUT2D eigenvalue weighted by Gasteiger charge is 2.50. The van der Waals surface area contributed by atoms with Crippen molar-refractivity contribution in [3.63, 3.8) is 0 Å². The van der Waals surface area contributed by atoms with Gasteiger partial charge in [-0.1, -0.05) is 18.2 Å². The predicted molar refractivity (Wildman–Crippen MR) is 82.2 cm³/mol. The molecule has 1 amide bonds. The van der Waals surface area contributed by atoms with Gasteiger partial charge in [-0.05, 0) is 24.5 Å². The van der Waals surface area contributed by atoms with Crippen LogP contribution in [0.15, 0.2) is 30.6 Å². The summed E-state index contributed by atoms with van der Waals surface area (Å²) in [6.07, 6.45) is -2.20. The normalized spacial score (nSPS) is 16.1. The van der Waals surface area contributed by atoms with E-state index in [2.05, 4.69) is 15.1 Å². The molecule has 0 bridgehead atoms. The second-order valence-electron chi connectivity index (χ2n) is 6.04. The Morgan fingerprint density at radius 1 is 1.24 bits per heavy atom. The molecule has 128 valence electrons. The summed E-state index contributed by atoms with van der Waals surface area (Å²) in [5, 5.41) is 5.40. The smallest absolute Gasteiger partial charge is 0.369 e. The molecular weight excluding hydrogens is 335 g/mol. The Hall–Kier alpha value is -2.97. The summed E-state index contributed by atoms with van der Waals surface area (Å²) in [6.45, 7) is 0. The first kappa shape index (κ1) is 15.6. The first-order chi connectivity index (χ1) is 11.8. The number of carbonyl (C=O) groups excluding carboxylic acids is 1. The molecule has 1 aromatic carbocycles. The molecule has 4 rings (SSSR count). The monoisotopic (exact) mass is 347 g/mol. The van der Waals surface area contributed by atoms with E-state index in [0.29, 0.717) is 24.0 Å². The van der Waals surface area contributed by atoms with Crippen molar-refractivity contribution in [3.8, 4) is 11.3 Å². The summed E-state index contributed by atoms with van der Waals surface area (Å²) >= 11 is 0. The number of nitrogens with one attached hydrogen (secondary N) is 1. The molecule has 0 spiro atoms. The molecule has 0 atom stereocenters. The topological polar surface area (TPSA) is 97.6 Å². The summed E-state index contributed by atoms with van der Waals surface area (Å²) in [5.41, 5.74) is 4.91. The van der Waals surface area contributed by atoms with Crippen molar-refractivity contribution in [3.05, 3.63) is 41.9 Å². The molecular formula is C16H12F3N5O. The molecule has 6 nitrogen and oxygen atoms in total. The number of nitrogens with zero attached hydrogens (tertiary/aromatic N) is 3. The van der Waals surface area contributed by atoms with E-state index < -0.39 is 23.2 Å². The molecule has 1 fully saturated rings. The van der Waals surface area contributed by atoms with E-state index in [1.807, 2.05) is 5.10 Å². The number of benzene rings is 1. The van der Waals surface area contributed by atoms with Crippen molar-refractivity contribution in [1.82, 2.24) is 20.2 Å². The quantitative estimate of drug-likeness (QED) is 0.761. The van der Waals surface area contributed by atoms with Gasteiger partial charge in [-0.25, -0.2) is 9.97 Å². The Labute approximate surface area is 139 Å². The van der Waals surface area contributed by atoms with Gasteiger partial charge in [0.15, 0.2) is 11.3 Å². The molecule has 0 saturated heterocycles. The van der Waals surface area contributed by atoms with Crippen LogP contribution in [0.2, 0.25) is 0 Å². The third-order valence-electron chi connectivity index (χ3n) is 4.54. The molecule has 2 aromatic heterocycles. The van der Waals surface area contributed by atoms with Gasteiger partial charge in [0.1, 0.15) is 6.33 Å². The molecule has 1 saturated carbocycles. The van der Waals surface area contributed by atoms with Gasteiger partial charge in [0.2, 0.25) is 5.91 Å². The van der Waals surface area contributed by atoms with E-state index >= 15 is 0 Å². The maximum absolute atomic E-state index is 13.2. The average Bonchev–Trinajstić information content (AvgIpc) is 3.26. The Bertz CT molecular complexity index is 991. The van der Waals surface area contributed by atoms with Crippen LogP contribution in [0.25, 0.3) is 22.3 Å². The van der Waals surface area contributed by atoms with E-state index in [-0.39, 0.29) is 16.7 Å². The molecule has 0 unspecified atom stereocenters. The van der Waals surface area contributed by atoms with Crippen molar-refractivity contribution >= 4 is 16.9 Å². The lowest BCUT2D eigenvalue weighted by atomic mass is 9.92. The Kier molecular flexibility index (Phi) is 3.12. The highest BCUT2D eigenvalue weighted by atomic mass is 19.4. The average molecular weight is 347 g/mol. The van der Waals surface area contributed by atoms with Crippen LogP contribution in [-0.4, -0.2) is 26.1 Å². The number of hydrogen-bond donors (Lipinski definition) is 2. The number of rotatable bonds is 3. The highest BCUT2D eigenvalue weighted by molar-refractivity contribution is 5.94. The minimum Gasteiger partial charge on any atom is -0.369 e. The van der Waals surface area contributed by atoms with Crippen LogP contribution in [0.4, 0.5) is 13.2 Å². The zero-order valence-corrected chi connectivity index (χ0v) is 12.8. The van der Waals surface area contributed by atoms with Crippen LogP contribution >= 0.6 is 0 Å². The molecule has 1 aliphatic rings. The van der Waals surface area contributed by atoms with Crippen molar-refractivity contribution in [2.45, 2.75) is 24.4 Å². The largest absolute Gasteiger partial charge is 0.433 e. The van der Waals surface area contributed by atoms with E-state index in [1.54, 1.807) is 24.3 Å². The van der Waals surface area contributed by atoms with E-state index in [0.717, 1.165) is 6.33 Å².